The van der Waals surface area contributed by atoms with Gasteiger partial charge in [-0.3, -0.25) is 4.98 Å². The summed E-state index contributed by atoms with van der Waals surface area (Å²) in [5, 5.41) is 2.96. The van der Waals surface area contributed by atoms with Crippen molar-refractivity contribution in [1.82, 2.24) is 10.3 Å². The number of hydrogen-bond donors (Lipinski definition) is 1. The Morgan fingerprint density at radius 3 is 2.48 bits per heavy atom. The first-order valence-corrected chi connectivity index (χ1v) is 6.76. The lowest BCUT2D eigenvalue weighted by atomic mass is 9.94. The third kappa shape index (κ3) is 3.24. The summed E-state index contributed by atoms with van der Waals surface area (Å²) in [4.78, 5) is 4.29. The zero-order chi connectivity index (χ0) is 15.5. The van der Waals surface area contributed by atoms with Gasteiger partial charge in [-0.05, 0) is 36.7 Å². The molecule has 21 heavy (non-hydrogen) atoms. The maximum absolute atomic E-state index is 13.2. The summed E-state index contributed by atoms with van der Waals surface area (Å²) in [7, 11) is 1.64. The van der Waals surface area contributed by atoms with E-state index in [4.69, 9.17) is 0 Å². The number of benzene rings is 1. The Morgan fingerprint density at radius 2 is 1.86 bits per heavy atom. The van der Waals surface area contributed by atoms with Crippen molar-refractivity contribution >= 4 is 0 Å². The third-order valence-corrected chi connectivity index (χ3v) is 3.45. The smallest absolute Gasteiger partial charge is 0.308 e. The van der Waals surface area contributed by atoms with Crippen molar-refractivity contribution in [1.29, 1.82) is 0 Å². The van der Waals surface area contributed by atoms with Crippen LogP contribution < -0.4 is 5.32 Å². The minimum Gasteiger partial charge on any atom is -0.308 e. The fraction of sp³-hybridized carbons (Fsp3) is 0.312. The Bertz CT molecular complexity index is 608. The van der Waals surface area contributed by atoms with Gasteiger partial charge in [0.25, 0.3) is 0 Å². The molecular formula is C16H17F3N2. The number of nitrogens with zero attached hydrogens (tertiary/aromatic N) is 1. The maximum atomic E-state index is 13.2. The number of hydrogen-bond acceptors (Lipinski definition) is 2. The second-order valence-electron chi connectivity index (χ2n) is 4.71. The number of aromatic nitrogens is 1. The van der Waals surface area contributed by atoms with Gasteiger partial charge in [-0.15, -0.1) is 0 Å². The topological polar surface area (TPSA) is 24.9 Å². The van der Waals surface area contributed by atoms with Crippen LogP contribution in [0, 0.1) is 0 Å². The van der Waals surface area contributed by atoms with E-state index < -0.39 is 17.8 Å². The molecule has 0 saturated heterocycles. The molecule has 1 aromatic heterocycles. The molecule has 0 radical (unpaired) electrons. The van der Waals surface area contributed by atoms with Crippen LogP contribution in [0.1, 0.15) is 35.3 Å². The van der Waals surface area contributed by atoms with Gasteiger partial charge >= 0.3 is 6.18 Å². The van der Waals surface area contributed by atoms with E-state index in [1.54, 1.807) is 25.4 Å². The van der Waals surface area contributed by atoms with Crippen LogP contribution in [0.15, 0.2) is 42.6 Å². The van der Waals surface area contributed by atoms with E-state index in [0.717, 1.165) is 18.1 Å². The molecule has 1 heterocycles. The Labute approximate surface area is 122 Å². The molecule has 0 saturated carbocycles. The zero-order valence-electron chi connectivity index (χ0n) is 11.9. The summed E-state index contributed by atoms with van der Waals surface area (Å²) in [6.07, 6.45) is -2.06. The molecular weight excluding hydrogens is 277 g/mol. The molecule has 1 N–H and O–H groups in total. The van der Waals surface area contributed by atoms with E-state index in [-0.39, 0.29) is 5.56 Å². The molecule has 1 unspecified atom stereocenters. The molecule has 0 fully saturated rings. The van der Waals surface area contributed by atoms with E-state index in [9.17, 15) is 13.2 Å². The molecule has 0 amide bonds. The van der Waals surface area contributed by atoms with Gasteiger partial charge in [0.05, 0.1) is 17.3 Å². The molecule has 0 spiro atoms. The number of pyridine rings is 1. The van der Waals surface area contributed by atoms with Crippen LogP contribution in [0.3, 0.4) is 0 Å². The first-order chi connectivity index (χ1) is 9.99. The average molecular weight is 294 g/mol. The van der Waals surface area contributed by atoms with E-state index in [2.05, 4.69) is 10.3 Å². The lowest BCUT2D eigenvalue weighted by Crippen LogP contribution is -2.24. The normalized spacial score (nSPS) is 13.2. The second-order valence-corrected chi connectivity index (χ2v) is 4.71. The number of aryl methyl sites for hydroxylation is 1. The Hall–Kier alpha value is -1.88. The number of halogens is 3. The van der Waals surface area contributed by atoms with Gasteiger partial charge < -0.3 is 5.32 Å². The van der Waals surface area contributed by atoms with E-state index >= 15 is 0 Å². The fourth-order valence-electron chi connectivity index (χ4n) is 2.46. The van der Waals surface area contributed by atoms with Crippen LogP contribution in [-0.4, -0.2) is 12.0 Å². The minimum absolute atomic E-state index is 0.195. The highest BCUT2D eigenvalue weighted by Crippen LogP contribution is 2.36. The van der Waals surface area contributed by atoms with Crippen LogP contribution in [0.2, 0.25) is 0 Å². The molecule has 1 atom stereocenters. The van der Waals surface area contributed by atoms with Gasteiger partial charge in [0.1, 0.15) is 0 Å². The molecule has 0 bridgehead atoms. The van der Waals surface area contributed by atoms with Crippen molar-refractivity contribution in [3.63, 3.8) is 0 Å². The van der Waals surface area contributed by atoms with Crippen molar-refractivity contribution in [3.8, 4) is 0 Å². The van der Waals surface area contributed by atoms with Crippen molar-refractivity contribution in [2.75, 3.05) is 7.05 Å². The van der Waals surface area contributed by atoms with Crippen LogP contribution in [0.5, 0.6) is 0 Å². The third-order valence-electron chi connectivity index (χ3n) is 3.45. The highest BCUT2D eigenvalue weighted by Gasteiger charge is 2.35. The van der Waals surface area contributed by atoms with Crippen molar-refractivity contribution in [2.24, 2.45) is 0 Å². The van der Waals surface area contributed by atoms with Crippen molar-refractivity contribution < 1.29 is 13.2 Å². The highest BCUT2D eigenvalue weighted by molar-refractivity contribution is 5.39. The summed E-state index contributed by atoms with van der Waals surface area (Å²) in [6.45, 7) is 1.96. The van der Waals surface area contributed by atoms with Gasteiger partial charge in [0, 0.05) is 6.20 Å². The van der Waals surface area contributed by atoms with Crippen molar-refractivity contribution in [2.45, 2.75) is 25.6 Å². The largest absolute Gasteiger partial charge is 0.416 e. The maximum Gasteiger partial charge on any atom is 0.416 e. The minimum atomic E-state index is -4.38. The second kappa shape index (κ2) is 6.26. The quantitative estimate of drug-likeness (QED) is 0.923. The predicted octanol–water partition coefficient (Wildman–Crippen LogP) is 3.97. The molecule has 1 aromatic carbocycles. The fourth-order valence-corrected chi connectivity index (χ4v) is 2.46. The van der Waals surface area contributed by atoms with E-state index in [1.807, 2.05) is 13.0 Å². The zero-order valence-corrected chi connectivity index (χ0v) is 11.9. The summed E-state index contributed by atoms with van der Waals surface area (Å²) in [5.74, 6) is 0. The van der Waals surface area contributed by atoms with E-state index in [1.165, 1.54) is 12.1 Å². The lowest BCUT2D eigenvalue weighted by molar-refractivity contribution is -0.138. The average Bonchev–Trinajstić information content (AvgIpc) is 2.48. The van der Waals surface area contributed by atoms with Gasteiger partial charge in [0.2, 0.25) is 0 Å². The van der Waals surface area contributed by atoms with Gasteiger partial charge in [0.15, 0.2) is 0 Å². The van der Waals surface area contributed by atoms with Crippen LogP contribution in [-0.2, 0) is 12.6 Å². The summed E-state index contributed by atoms with van der Waals surface area (Å²) in [5.41, 5.74) is 1.14. The van der Waals surface area contributed by atoms with Crippen LogP contribution in [0.4, 0.5) is 13.2 Å². The summed E-state index contributed by atoms with van der Waals surface area (Å²) < 4.78 is 39.6. The Morgan fingerprint density at radius 1 is 1.14 bits per heavy atom. The Balaban J connectivity index is 2.58. The first kappa shape index (κ1) is 15.5. The van der Waals surface area contributed by atoms with Gasteiger partial charge in [-0.25, -0.2) is 0 Å². The molecule has 112 valence electrons. The highest BCUT2D eigenvalue weighted by atomic mass is 19.4. The summed E-state index contributed by atoms with van der Waals surface area (Å²) in [6, 6.07) is 8.72. The number of nitrogens with one attached hydrogen (secondary N) is 1. The lowest BCUT2D eigenvalue weighted by Gasteiger charge is -2.22. The van der Waals surface area contributed by atoms with Crippen LogP contribution in [0.25, 0.3) is 0 Å². The molecule has 2 aromatic rings. The summed E-state index contributed by atoms with van der Waals surface area (Å²) >= 11 is 0. The monoisotopic (exact) mass is 294 g/mol. The van der Waals surface area contributed by atoms with Gasteiger partial charge in [-0.2, -0.15) is 13.2 Å². The SMILES string of the molecule is CCc1cccnc1C(NC)c1ccccc1C(F)(F)F. The molecule has 0 aliphatic heterocycles. The predicted molar refractivity (Wildman–Crippen MR) is 76.0 cm³/mol. The Kier molecular flexibility index (Phi) is 4.63. The molecule has 2 rings (SSSR count). The van der Waals surface area contributed by atoms with E-state index in [0.29, 0.717) is 5.69 Å². The molecule has 5 heteroatoms. The van der Waals surface area contributed by atoms with Gasteiger partial charge in [-0.1, -0.05) is 31.2 Å². The molecule has 0 aliphatic carbocycles. The first-order valence-electron chi connectivity index (χ1n) is 6.76. The number of alkyl halides is 3. The molecule has 0 aliphatic rings. The van der Waals surface area contributed by atoms with Crippen molar-refractivity contribution in [3.05, 3.63) is 65.0 Å². The number of rotatable bonds is 4. The molecule has 2 nitrogen and oxygen atoms in total. The standard InChI is InChI=1S/C16H17F3N2/c1-3-11-7-6-10-21-14(11)15(20-2)12-8-4-5-9-13(12)16(17,18)19/h4-10,15,20H,3H2,1-2H3. The van der Waals surface area contributed by atoms with Crippen LogP contribution >= 0.6 is 0 Å².